The third-order valence-corrected chi connectivity index (χ3v) is 10.8. The van der Waals surface area contributed by atoms with Gasteiger partial charge in [0.2, 0.25) is 0 Å². The van der Waals surface area contributed by atoms with Crippen molar-refractivity contribution in [1.82, 2.24) is 9.13 Å². The van der Waals surface area contributed by atoms with E-state index in [-0.39, 0.29) is 57.6 Å². The minimum Gasteiger partial charge on any atom is -0.309 e. The maximum Gasteiger partial charge on any atom is 0.0645 e. The minimum absolute atomic E-state index is 0.0800. The first-order chi connectivity index (χ1) is 30.7. The van der Waals surface area contributed by atoms with Crippen molar-refractivity contribution < 1.29 is 9.60 Å². The molecule has 2 heteroatoms. The fraction of sp³-hybridized carbons (Fsp3) is 0. The molecule has 0 N–H and O–H groups in total. The molecule has 0 unspecified atom stereocenters. The molecule has 0 saturated heterocycles. The molecule has 262 valence electrons. The summed E-state index contributed by atoms with van der Waals surface area (Å²) in [5.41, 5.74) is 10.8. The van der Waals surface area contributed by atoms with E-state index in [0.29, 0.717) is 11.3 Å². The second kappa shape index (κ2) is 13.2. The molecule has 2 aromatic heterocycles. The van der Waals surface area contributed by atoms with Crippen LogP contribution in [0.5, 0.6) is 0 Å². The predicted octanol–water partition coefficient (Wildman–Crippen LogP) is 14.5. The van der Waals surface area contributed by atoms with Crippen LogP contribution in [0.4, 0.5) is 0 Å². The van der Waals surface area contributed by atoms with Crippen molar-refractivity contribution in [3.8, 4) is 55.9 Å². The Labute approximate surface area is 335 Å². The molecule has 0 aliphatic carbocycles. The summed E-state index contributed by atoms with van der Waals surface area (Å²) in [6.45, 7) is 0. The molecule has 0 aliphatic heterocycles. The van der Waals surface area contributed by atoms with Crippen LogP contribution in [0, 0.1) is 0 Å². The first-order valence-corrected chi connectivity index (χ1v) is 18.7. The standard InChI is InChI=1S/C54H36N2/c1-4-14-37(15-5-1)40-18-12-19-41(34-40)38-26-30-45(31-27-38)55-50-24-11-10-22-47(50)48-35-42(28-32-51(48)55)43-29-33-52-49(36-43)54-46(39-16-6-2-7-17-39)23-13-25-53(54)56(52)44-20-8-3-9-21-44/h1-36H/i10D,11D,22D,24D,28D,32D,35D. The lowest BCUT2D eigenvalue weighted by Crippen LogP contribution is -1.94. The Kier molecular flexibility index (Phi) is 6.01. The highest BCUT2D eigenvalue weighted by atomic mass is 15.0. The average Bonchev–Trinajstić information content (AvgIpc) is 3.87. The van der Waals surface area contributed by atoms with Crippen molar-refractivity contribution in [1.29, 1.82) is 0 Å². The summed E-state index contributed by atoms with van der Waals surface area (Å²) in [5.74, 6) is 0. The summed E-state index contributed by atoms with van der Waals surface area (Å²) < 4.78 is 68.9. The summed E-state index contributed by atoms with van der Waals surface area (Å²) in [6, 6.07) is 56.7. The van der Waals surface area contributed by atoms with Crippen molar-refractivity contribution in [3.63, 3.8) is 0 Å². The zero-order valence-corrected chi connectivity index (χ0v) is 30.1. The Hall–Kier alpha value is -7.42. The van der Waals surface area contributed by atoms with Gasteiger partial charge in [-0.3, -0.25) is 0 Å². The second-order valence-corrected chi connectivity index (χ2v) is 14.0. The Bertz CT molecular complexity index is 3620. The Morgan fingerprint density at radius 2 is 0.893 bits per heavy atom. The van der Waals surface area contributed by atoms with Crippen LogP contribution in [0.1, 0.15) is 9.60 Å². The molecule has 11 aromatic rings. The highest BCUT2D eigenvalue weighted by Gasteiger charge is 2.18. The highest BCUT2D eigenvalue weighted by Crippen LogP contribution is 2.41. The van der Waals surface area contributed by atoms with Crippen molar-refractivity contribution >= 4 is 43.6 Å². The molecule has 0 amide bonds. The maximum absolute atomic E-state index is 9.91. The number of nitrogens with zero attached hydrogens (tertiary/aromatic N) is 2. The van der Waals surface area contributed by atoms with Gasteiger partial charge in [-0.25, -0.2) is 0 Å². The third-order valence-electron chi connectivity index (χ3n) is 10.8. The molecule has 11 rings (SSSR count). The van der Waals surface area contributed by atoms with Crippen LogP contribution in [0.3, 0.4) is 0 Å². The van der Waals surface area contributed by atoms with E-state index in [0.717, 1.165) is 60.9 Å². The molecular weight excluding hydrogens is 677 g/mol. The molecule has 0 fully saturated rings. The van der Waals surface area contributed by atoms with Crippen molar-refractivity contribution in [2.45, 2.75) is 0 Å². The van der Waals surface area contributed by atoms with Gasteiger partial charge in [0, 0.05) is 32.9 Å². The van der Waals surface area contributed by atoms with Gasteiger partial charge in [0.15, 0.2) is 0 Å². The van der Waals surface area contributed by atoms with Crippen LogP contribution in [0.15, 0.2) is 218 Å². The third kappa shape index (κ3) is 5.26. The quantitative estimate of drug-likeness (QED) is 0.162. The number of para-hydroxylation sites is 2. The van der Waals surface area contributed by atoms with Crippen LogP contribution >= 0.6 is 0 Å². The van der Waals surface area contributed by atoms with E-state index in [1.807, 2.05) is 109 Å². The van der Waals surface area contributed by atoms with E-state index >= 15 is 0 Å². The van der Waals surface area contributed by atoms with E-state index in [1.165, 1.54) is 0 Å². The Morgan fingerprint density at radius 3 is 1.66 bits per heavy atom. The molecule has 0 aliphatic rings. The molecule has 2 nitrogen and oxygen atoms in total. The van der Waals surface area contributed by atoms with E-state index in [1.54, 1.807) is 4.57 Å². The van der Waals surface area contributed by atoms with Crippen LogP contribution < -0.4 is 0 Å². The molecule has 9 aromatic carbocycles. The Balaban J connectivity index is 1.15. The summed E-state index contributed by atoms with van der Waals surface area (Å²) in [5, 5.41) is 2.26. The van der Waals surface area contributed by atoms with Crippen LogP contribution in [0.2, 0.25) is 0 Å². The van der Waals surface area contributed by atoms with Crippen molar-refractivity contribution in [3.05, 3.63) is 218 Å². The SMILES string of the molecule is [2H]c1c([2H])c([2H])c2c(c1[2H])c1c([2H])c(-c3ccc4c(c3)c3c(-c5ccccc5)cccc3n4-c3ccccc3)c([2H])c([2H])c1n2-c1ccc(-c2cccc(-c3ccccc3)c2)cc1. The summed E-state index contributed by atoms with van der Waals surface area (Å²) >= 11 is 0. The molecular formula is C54H36N2. The Morgan fingerprint density at radius 1 is 0.321 bits per heavy atom. The van der Waals surface area contributed by atoms with Gasteiger partial charge >= 0.3 is 0 Å². The van der Waals surface area contributed by atoms with Gasteiger partial charge in [0.25, 0.3) is 0 Å². The number of hydrogen-bond donors (Lipinski definition) is 0. The maximum atomic E-state index is 9.91. The van der Waals surface area contributed by atoms with Gasteiger partial charge in [0.05, 0.1) is 31.7 Å². The minimum atomic E-state index is -0.425. The lowest BCUT2D eigenvalue weighted by Gasteiger charge is -2.11. The van der Waals surface area contributed by atoms with Gasteiger partial charge in [-0.05, 0) is 111 Å². The zero-order chi connectivity index (χ0) is 43.1. The summed E-state index contributed by atoms with van der Waals surface area (Å²) in [7, 11) is 0. The fourth-order valence-electron chi connectivity index (χ4n) is 8.17. The van der Waals surface area contributed by atoms with E-state index in [4.69, 9.17) is 2.74 Å². The lowest BCUT2D eigenvalue weighted by molar-refractivity contribution is 1.18. The van der Waals surface area contributed by atoms with Gasteiger partial charge in [-0.1, -0.05) is 152 Å². The first kappa shape index (κ1) is 25.6. The summed E-state index contributed by atoms with van der Waals surface area (Å²) in [6.07, 6.45) is 0. The highest BCUT2D eigenvalue weighted by molar-refractivity contribution is 6.17. The zero-order valence-electron chi connectivity index (χ0n) is 37.1. The normalized spacial score (nSPS) is 13.3. The first-order valence-electron chi connectivity index (χ1n) is 22.2. The van der Waals surface area contributed by atoms with Gasteiger partial charge in [0.1, 0.15) is 0 Å². The smallest absolute Gasteiger partial charge is 0.0645 e. The number of rotatable bonds is 6. The van der Waals surface area contributed by atoms with Crippen LogP contribution in [-0.4, -0.2) is 9.13 Å². The topological polar surface area (TPSA) is 9.86 Å². The number of aromatic nitrogens is 2. The van der Waals surface area contributed by atoms with Gasteiger partial charge < -0.3 is 9.13 Å². The predicted molar refractivity (Wildman–Crippen MR) is 237 cm³/mol. The lowest BCUT2D eigenvalue weighted by atomic mass is 9.97. The molecule has 0 saturated carbocycles. The van der Waals surface area contributed by atoms with Gasteiger partial charge in [-0.2, -0.15) is 0 Å². The monoisotopic (exact) mass is 719 g/mol. The summed E-state index contributed by atoms with van der Waals surface area (Å²) in [4.78, 5) is 0. The van der Waals surface area contributed by atoms with E-state index in [2.05, 4.69) is 71.3 Å². The fourth-order valence-corrected chi connectivity index (χ4v) is 8.17. The number of hydrogen-bond acceptors (Lipinski definition) is 0. The number of benzene rings is 9. The van der Waals surface area contributed by atoms with Crippen LogP contribution in [-0.2, 0) is 0 Å². The molecule has 0 radical (unpaired) electrons. The molecule has 0 atom stereocenters. The molecule has 0 spiro atoms. The van der Waals surface area contributed by atoms with Gasteiger partial charge in [-0.15, -0.1) is 0 Å². The molecule has 56 heavy (non-hydrogen) atoms. The molecule has 0 bridgehead atoms. The number of fused-ring (bicyclic) bond motifs is 6. The average molecular weight is 720 g/mol. The van der Waals surface area contributed by atoms with E-state index < -0.39 is 12.1 Å². The van der Waals surface area contributed by atoms with Crippen molar-refractivity contribution in [2.75, 3.05) is 0 Å². The van der Waals surface area contributed by atoms with E-state index in [9.17, 15) is 6.85 Å². The van der Waals surface area contributed by atoms with Crippen LogP contribution in [0.25, 0.3) is 99.5 Å². The molecule has 2 heterocycles. The van der Waals surface area contributed by atoms with Crippen molar-refractivity contribution in [2.24, 2.45) is 0 Å². The second-order valence-electron chi connectivity index (χ2n) is 14.0. The largest absolute Gasteiger partial charge is 0.309 e.